The Hall–Kier alpha value is -2.41. The van der Waals surface area contributed by atoms with Crippen LogP contribution in [0.25, 0.3) is 0 Å². The normalized spacial score (nSPS) is 14.1. The zero-order valence-electron chi connectivity index (χ0n) is 13.4. The summed E-state index contributed by atoms with van der Waals surface area (Å²) in [6.07, 6.45) is 2.75. The van der Waals surface area contributed by atoms with Gasteiger partial charge in [0.1, 0.15) is 5.60 Å². The van der Waals surface area contributed by atoms with Gasteiger partial charge in [-0.15, -0.1) is 0 Å². The highest BCUT2D eigenvalue weighted by molar-refractivity contribution is 5.90. The molecule has 116 valence electrons. The Morgan fingerprint density at radius 2 is 1.82 bits per heavy atom. The minimum absolute atomic E-state index is 0.156. The average molecular weight is 299 g/mol. The number of rotatable bonds is 5. The van der Waals surface area contributed by atoms with E-state index in [2.05, 4.69) is 0 Å². The summed E-state index contributed by atoms with van der Waals surface area (Å²) in [7, 11) is 0. The van der Waals surface area contributed by atoms with Crippen LogP contribution in [0.4, 0.5) is 0 Å². The number of nitriles is 1. The molecule has 0 heterocycles. The van der Waals surface area contributed by atoms with Crippen molar-refractivity contribution in [3.8, 4) is 6.07 Å². The minimum atomic E-state index is -1.51. The van der Waals surface area contributed by atoms with Crippen molar-refractivity contribution in [2.45, 2.75) is 39.7 Å². The van der Waals surface area contributed by atoms with E-state index >= 15 is 0 Å². The molecule has 1 atom stereocenters. The van der Waals surface area contributed by atoms with E-state index in [-0.39, 0.29) is 12.2 Å². The van der Waals surface area contributed by atoms with Crippen LogP contribution in [0, 0.1) is 16.7 Å². The second kappa shape index (κ2) is 7.04. The topological polar surface area (TPSA) is 67.2 Å². The molecule has 4 nitrogen and oxygen atoms in total. The van der Waals surface area contributed by atoms with E-state index in [0.29, 0.717) is 0 Å². The lowest BCUT2D eigenvalue weighted by molar-refractivity contribution is -0.161. The Bertz CT molecular complexity index is 605. The molecule has 0 aromatic heterocycles. The number of nitrogens with zero attached hydrogens (tertiary/aromatic N) is 1. The number of ketones is 1. The van der Waals surface area contributed by atoms with Crippen LogP contribution in [0.3, 0.4) is 0 Å². The highest BCUT2D eigenvalue weighted by Crippen LogP contribution is 2.28. The monoisotopic (exact) mass is 299 g/mol. The van der Waals surface area contributed by atoms with Crippen LogP contribution < -0.4 is 0 Å². The number of ether oxygens (including phenoxy) is 1. The summed E-state index contributed by atoms with van der Waals surface area (Å²) in [4.78, 5) is 23.7. The maximum absolute atomic E-state index is 12.5. The fourth-order valence-corrected chi connectivity index (χ4v) is 1.87. The van der Waals surface area contributed by atoms with Crippen LogP contribution in [0.15, 0.2) is 42.5 Å². The summed E-state index contributed by atoms with van der Waals surface area (Å²) in [6, 6.07) is 11.2. The first kappa shape index (κ1) is 17.6. The maximum atomic E-state index is 12.5. The summed E-state index contributed by atoms with van der Waals surface area (Å²) in [5.41, 5.74) is -1.40. The van der Waals surface area contributed by atoms with Crippen LogP contribution in [-0.4, -0.2) is 17.4 Å². The zero-order chi connectivity index (χ0) is 16.8. The first-order valence-electron chi connectivity index (χ1n) is 7.07. The van der Waals surface area contributed by atoms with Crippen LogP contribution in [0.2, 0.25) is 0 Å². The van der Waals surface area contributed by atoms with Crippen molar-refractivity contribution in [3.63, 3.8) is 0 Å². The van der Waals surface area contributed by atoms with E-state index < -0.39 is 17.0 Å². The SMILES string of the molecule is CC(=O)/C=C/[C@](C#N)(Cc1ccccc1)C(=O)OC(C)(C)C. The fourth-order valence-electron chi connectivity index (χ4n) is 1.87. The highest BCUT2D eigenvalue weighted by atomic mass is 16.6. The van der Waals surface area contributed by atoms with E-state index in [1.54, 1.807) is 20.8 Å². The van der Waals surface area contributed by atoms with E-state index in [4.69, 9.17) is 4.74 Å². The molecule has 22 heavy (non-hydrogen) atoms. The first-order valence-corrected chi connectivity index (χ1v) is 7.07. The molecule has 0 unspecified atom stereocenters. The third-order valence-electron chi connectivity index (χ3n) is 2.89. The number of hydrogen-bond donors (Lipinski definition) is 0. The van der Waals surface area contributed by atoms with Gasteiger partial charge in [-0.1, -0.05) is 30.3 Å². The maximum Gasteiger partial charge on any atom is 0.331 e. The molecule has 0 spiro atoms. The number of carbonyl (C=O) groups excluding carboxylic acids is 2. The molecule has 1 aromatic carbocycles. The van der Waals surface area contributed by atoms with Crippen LogP contribution in [0.1, 0.15) is 33.3 Å². The second-order valence-corrected chi connectivity index (χ2v) is 6.19. The minimum Gasteiger partial charge on any atom is -0.459 e. The molecule has 0 radical (unpaired) electrons. The highest BCUT2D eigenvalue weighted by Gasteiger charge is 2.40. The Labute approximate surface area is 131 Å². The van der Waals surface area contributed by atoms with Gasteiger partial charge >= 0.3 is 5.97 Å². The van der Waals surface area contributed by atoms with Gasteiger partial charge in [-0.25, -0.2) is 4.79 Å². The van der Waals surface area contributed by atoms with E-state index in [1.807, 2.05) is 36.4 Å². The largest absolute Gasteiger partial charge is 0.459 e. The molecule has 0 aliphatic carbocycles. The number of esters is 1. The molecular formula is C18H21NO3. The summed E-state index contributed by atoms with van der Waals surface area (Å²) >= 11 is 0. The third-order valence-corrected chi connectivity index (χ3v) is 2.89. The van der Waals surface area contributed by atoms with Gasteiger partial charge in [0.15, 0.2) is 11.2 Å². The molecule has 0 saturated carbocycles. The first-order chi connectivity index (χ1) is 10.2. The molecular weight excluding hydrogens is 278 g/mol. The average Bonchev–Trinajstić information content (AvgIpc) is 2.42. The van der Waals surface area contributed by atoms with Crippen molar-refractivity contribution in [3.05, 3.63) is 48.0 Å². The van der Waals surface area contributed by atoms with Gasteiger partial charge in [0, 0.05) is 6.42 Å². The van der Waals surface area contributed by atoms with Gasteiger partial charge in [0.05, 0.1) is 6.07 Å². The molecule has 1 rings (SSSR count). The second-order valence-electron chi connectivity index (χ2n) is 6.19. The van der Waals surface area contributed by atoms with Crippen LogP contribution in [-0.2, 0) is 20.7 Å². The zero-order valence-corrected chi connectivity index (χ0v) is 13.4. The molecule has 0 N–H and O–H groups in total. The number of carbonyl (C=O) groups is 2. The van der Waals surface area contributed by atoms with Gasteiger partial charge < -0.3 is 4.74 Å². The predicted molar refractivity (Wildman–Crippen MR) is 83.9 cm³/mol. The molecule has 0 fully saturated rings. The van der Waals surface area contributed by atoms with Crippen molar-refractivity contribution in [2.24, 2.45) is 5.41 Å². The van der Waals surface area contributed by atoms with Gasteiger partial charge in [-0.2, -0.15) is 5.26 Å². The Morgan fingerprint density at radius 3 is 2.27 bits per heavy atom. The van der Waals surface area contributed by atoms with E-state index in [9.17, 15) is 14.9 Å². The van der Waals surface area contributed by atoms with Gasteiger partial charge in [0.2, 0.25) is 0 Å². The number of hydrogen-bond acceptors (Lipinski definition) is 4. The van der Waals surface area contributed by atoms with Gasteiger partial charge in [0.25, 0.3) is 0 Å². The molecule has 4 heteroatoms. The smallest absolute Gasteiger partial charge is 0.331 e. The van der Waals surface area contributed by atoms with Gasteiger partial charge in [-0.3, -0.25) is 4.79 Å². The van der Waals surface area contributed by atoms with Crippen molar-refractivity contribution >= 4 is 11.8 Å². The predicted octanol–water partition coefficient (Wildman–Crippen LogP) is 3.23. The quantitative estimate of drug-likeness (QED) is 0.618. The van der Waals surface area contributed by atoms with Crippen LogP contribution >= 0.6 is 0 Å². The summed E-state index contributed by atoms with van der Waals surface area (Å²) in [6.45, 7) is 6.59. The lowest BCUT2D eigenvalue weighted by Crippen LogP contribution is -2.37. The Kier molecular flexibility index (Phi) is 5.64. The van der Waals surface area contributed by atoms with Crippen molar-refractivity contribution in [1.29, 1.82) is 5.26 Å². The Morgan fingerprint density at radius 1 is 1.23 bits per heavy atom. The molecule has 0 bridgehead atoms. The van der Waals surface area contributed by atoms with Crippen molar-refractivity contribution in [2.75, 3.05) is 0 Å². The lowest BCUT2D eigenvalue weighted by atomic mass is 9.82. The molecule has 1 aromatic rings. The molecule has 0 saturated heterocycles. The van der Waals surface area contributed by atoms with Gasteiger partial charge in [-0.05, 0) is 45.4 Å². The fraction of sp³-hybridized carbons (Fsp3) is 0.389. The summed E-state index contributed by atoms with van der Waals surface area (Å²) in [5.74, 6) is -0.875. The summed E-state index contributed by atoms with van der Waals surface area (Å²) in [5, 5.41) is 9.60. The molecule has 0 aliphatic heterocycles. The number of allylic oxidation sites excluding steroid dienone is 1. The van der Waals surface area contributed by atoms with E-state index in [1.165, 1.54) is 19.1 Å². The molecule has 0 amide bonds. The van der Waals surface area contributed by atoms with Crippen LogP contribution in [0.5, 0.6) is 0 Å². The summed E-state index contributed by atoms with van der Waals surface area (Å²) < 4.78 is 5.37. The number of benzene rings is 1. The van der Waals surface area contributed by atoms with E-state index in [0.717, 1.165) is 5.56 Å². The lowest BCUT2D eigenvalue weighted by Gasteiger charge is -2.27. The van der Waals surface area contributed by atoms with Crippen molar-refractivity contribution < 1.29 is 14.3 Å². The third kappa shape index (κ3) is 5.17. The standard InChI is InChI=1S/C18H21NO3/c1-14(20)10-11-18(13-19,16(21)22-17(2,3)4)12-15-8-6-5-7-9-15/h5-11H,12H2,1-4H3/b11-10+/t18-/m1/s1. The Balaban J connectivity index is 3.21. The van der Waals surface area contributed by atoms with Crippen molar-refractivity contribution in [1.82, 2.24) is 0 Å². The molecule has 0 aliphatic rings.